The second-order valence-electron chi connectivity index (χ2n) is 6.32. The fourth-order valence-corrected chi connectivity index (χ4v) is 2.56. The smallest absolute Gasteiger partial charge is 0.184 e. The van der Waals surface area contributed by atoms with Gasteiger partial charge in [0.05, 0.1) is 6.61 Å². The molecular formula is C18H35FO5. The minimum absolute atomic E-state index is 0.119. The van der Waals surface area contributed by atoms with E-state index in [-0.39, 0.29) is 6.61 Å². The summed E-state index contributed by atoms with van der Waals surface area (Å²) < 4.78 is 37.1. The summed E-state index contributed by atoms with van der Waals surface area (Å²) in [5.41, 5.74) is 0. The molecule has 1 N–H and O–H groups in total. The first-order chi connectivity index (χ1) is 11.7. The zero-order valence-corrected chi connectivity index (χ0v) is 15.4. The van der Waals surface area contributed by atoms with Crippen molar-refractivity contribution in [2.45, 2.75) is 90.1 Å². The molecule has 6 heteroatoms. The highest BCUT2D eigenvalue weighted by atomic mass is 19.1. The average Bonchev–Trinajstić information content (AvgIpc) is 2.57. The van der Waals surface area contributed by atoms with Crippen LogP contribution < -0.4 is 0 Å². The second-order valence-corrected chi connectivity index (χ2v) is 6.32. The molecule has 24 heavy (non-hydrogen) atoms. The third-order valence-electron chi connectivity index (χ3n) is 4.13. The van der Waals surface area contributed by atoms with Gasteiger partial charge in [0.25, 0.3) is 0 Å². The third-order valence-corrected chi connectivity index (χ3v) is 4.13. The molecule has 1 heterocycles. The maximum Gasteiger partial charge on any atom is 0.184 e. The number of ether oxygens (including phenoxy) is 4. The quantitative estimate of drug-likeness (QED) is 0.517. The van der Waals surface area contributed by atoms with Gasteiger partial charge in [-0.05, 0) is 19.3 Å². The van der Waals surface area contributed by atoms with Gasteiger partial charge in [-0.1, -0.05) is 40.0 Å². The van der Waals surface area contributed by atoms with Crippen molar-refractivity contribution >= 4 is 0 Å². The van der Waals surface area contributed by atoms with E-state index in [2.05, 4.69) is 13.8 Å². The van der Waals surface area contributed by atoms with E-state index < -0.39 is 30.8 Å². The third kappa shape index (κ3) is 7.31. The predicted molar refractivity (Wildman–Crippen MR) is 90.8 cm³/mol. The predicted octanol–water partition coefficient (Wildman–Crippen LogP) is 3.23. The molecule has 1 aliphatic rings. The van der Waals surface area contributed by atoms with Gasteiger partial charge in [-0.3, -0.25) is 0 Å². The molecule has 0 aliphatic carbocycles. The number of aliphatic hydroxyl groups excluding tert-OH is 1. The summed E-state index contributed by atoms with van der Waals surface area (Å²) in [6.45, 7) is 7.76. The second kappa shape index (κ2) is 13.0. The molecule has 1 aliphatic heterocycles. The van der Waals surface area contributed by atoms with Crippen LogP contribution in [-0.2, 0) is 18.9 Å². The van der Waals surface area contributed by atoms with Crippen LogP contribution in [0.25, 0.3) is 0 Å². The van der Waals surface area contributed by atoms with Gasteiger partial charge in [0.2, 0.25) is 0 Å². The summed E-state index contributed by atoms with van der Waals surface area (Å²) in [6, 6.07) is 0. The Balaban J connectivity index is 2.61. The van der Waals surface area contributed by atoms with E-state index in [1.54, 1.807) is 0 Å². The zero-order valence-electron chi connectivity index (χ0n) is 15.4. The van der Waals surface area contributed by atoms with Crippen molar-refractivity contribution in [1.29, 1.82) is 0 Å². The molecule has 0 bridgehead atoms. The van der Waals surface area contributed by atoms with E-state index in [9.17, 15) is 9.50 Å². The van der Waals surface area contributed by atoms with Crippen molar-refractivity contribution in [2.24, 2.45) is 0 Å². The Morgan fingerprint density at radius 1 is 0.875 bits per heavy atom. The summed E-state index contributed by atoms with van der Waals surface area (Å²) in [6.07, 6.45) is 0.561. The van der Waals surface area contributed by atoms with Crippen LogP contribution in [0.1, 0.15) is 59.3 Å². The summed E-state index contributed by atoms with van der Waals surface area (Å²) in [5.74, 6) is 0. The molecule has 5 atom stereocenters. The van der Waals surface area contributed by atoms with Crippen LogP contribution in [0.15, 0.2) is 0 Å². The maximum absolute atomic E-state index is 14.9. The van der Waals surface area contributed by atoms with Gasteiger partial charge in [0.1, 0.15) is 18.3 Å². The van der Waals surface area contributed by atoms with E-state index in [0.29, 0.717) is 19.8 Å². The van der Waals surface area contributed by atoms with Crippen molar-refractivity contribution in [1.82, 2.24) is 0 Å². The minimum Gasteiger partial charge on any atom is -0.379 e. The fourth-order valence-electron chi connectivity index (χ4n) is 2.56. The lowest BCUT2D eigenvalue weighted by atomic mass is 10.00. The number of hydrogen-bond donors (Lipinski definition) is 1. The molecular weight excluding hydrogens is 315 g/mol. The lowest BCUT2D eigenvalue weighted by molar-refractivity contribution is -0.294. The van der Waals surface area contributed by atoms with Crippen LogP contribution in [0.2, 0.25) is 0 Å². The van der Waals surface area contributed by atoms with Crippen LogP contribution >= 0.6 is 0 Å². The highest BCUT2D eigenvalue weighted by Crippen LogP contribution is 2.28. The summed E-state index contributed by atoms with van der Waals surface area (Å²) in [5, 5.41) is 10.2. The van der Waals surface area contributed by atoms with Gasteiger partial charge in [0.15, 0.2) is 12.5 Å². The molecule has 0 amide bonds. The minimum atomic E-state index is -1.38. The standard InChI is InChI=1S/C18H35FO5/c1-4-7-10-21-13-14-15(19)16(22-11-8-5-2)17(18(20)24-14)23-12-9-6-3/h14-18,20H,4-13H2,1-3H3. The number of aliphatic hydroxyl groups is 1. The Bertz CT molecular complexity index is 305. The molecule has 1 saturated heterocycles. The molecule has 1 fully saturated rings. The first-order valence-electron chi connectivity index (χ1n) is 9.44. The molecule has 0 saturated carbocycles. The molecule has 0 aromatic carbocycles. The molecule has 0 radical (unpaired) electrons. The molecule has 5 nitrogen and oxygen atoms in total. The topological polar surface area (TPSA) is 57.2 Å². The molecule has 5 unspecified atom stereocenters. The van der Waals surface area contributed by atoms with Crippen LogP contribution in [0.4, 0.5) is 4.39 Å². The summed E-state index contributed by atoms with van der Waals surface area (Å²) in [4.78, 5) is 0. The van der Waals surface area contributed by atoms with Gasteiger partial charge < -0.3 is 24.1 Å². The van der Waals surface area contributed by atoms with E-state index in [4.69, 9.17) is 18.9 Å². The number of unbranched alkanes of at least 4 members (excludes halogenated alkanes) is 3. The normalized spacial score (nSPS) is 30.6. The summed E-state index contributed by atoms with van der Waals surface area (Å²) >= 11 is 0. The molecule has 0 aromatic heterocycles. The number of alkyl halides is 1. The van der Waals surface area contributed by atoms with Crippen LogP contribution in [0.5, 0.6) is 0 Å². The van der Waals surface area contributed by atoms with Gasteiger partial charge in [-0.25, -0.2) is 4.39 Å². The number of hydrogen-bond acceptors (Lipinski definition) is 5. The molecule has 1 rings (SSSR count). The SMILES string of the molecule is CCCCOCC1OC(O)C(OCCCC)C(OCCCC)C1F. The Kier molecular flexibility index (Phi) is 11.8. The number of halogens is 1. The van der Waals surface area contributed by atoms with Crippen LogP contribution in [0, 0.1) is 0 Å². The Labute approximate surface area is 145 Å². The maximum atomic E-state index is 14.9. The van der Waals surface area contributed by atoms with E-state index in [1.165, 1.54) is 0 Å². The largest absolute Gasteiger partial charge is 0.379 e. The van der Waals surface area contributed by atoms with E-state index >= 15 is 0 Å². The van der Waals surface area contributed by atoms with Crippen LogP contribution in [0.3, 0.4) is 0 Å². The van der Waals surface area contributed by atoms with Crippen molar-refractivity contribution in [2.75, 3.05) is 26.4 Å². The zero-order chi connectivity index (χ0) is 17.8. The van der Waals surface area contributed by atoms with E-state index in [1.807, 2.05) is 6.92 Å². The van der Waals surface area contributed by atoms with Gasteiger partial charge in [-0.15, -0.1) is 0 Å². The van der Waals surface area contributed by atoms with Gasteiger partial charge in [-0.2, -0.15) is 0 Å². The Morgan fingerprint density at radius 3 is 2.00 bits per heavy atom. The Hall–Kier alpha value is -0.270. The van der Waals surface area contributed by atoms with Gasteiger partial charge in [0, 0.05) is 19.8 Å². The fraction of sp³-hybridized carbons (Fsp3) is 1.00. The first kappa shape index (κ1) is 21.8. The van der Waals surface area contributed by atoms with Gasteiger partial charge >= 0.3 is 0 Å². The molecule has 0 aromatic rings. The average molecular weight is 350 g/mol. The van der Waals surface area contributed by atoms with E-state index in [0.717, 1.165) is 38.5 Å². The highest BCUT2D eigenvalue weighted by Gasteiger charge is 2.47. The van der Waals surface area contributed by atoms with Crippen molar-refractivity contribution in [3.05, 3.63) is 0 Å². The lowest BCUT2D eigenvalue weighted by Gasteiger charge is -2.41. The van der Waals surface area contributed by atoms with Crippen LogP contribution in [-0.4, -0.2) is 62.3 Å². The monoisotopic (exact) mass is 350 g/mol. The highest BCUT2D eigenvalue weighted by molar-refractivity contribution is 4.91. The summed E-state index contributed by atoms with van der Waals surface area (Å²) in [7, 11) is 0. The molecule has 0 spiro atoms. The van der Waals surface area contributed by atoms with Crippen molar-refractivity contribution in [3.8, 4) is 0 Å². The van der Waals surface area contributed by atoms with Crippen molar-refractivity contribution in [3.63, 3.8) is 0 Å². The number of rotatable bonds is 13. The Morgan fingerprint density at radius 2 is 1.42 bits per heavy atom. The van der Waals surface area contributed by atoms with Crippen molar-refractivity contribution < 1.29 is 28.4 Å². The first-order valence-corrected chi connectivity index (χ1v) is 9.44. The molecule has 144 valence electrons. The lowest BCUT2D eigenvalue weighted by Crippen LogP contribution is -2.59.